The van der Waals surface area contributed by atoms with Crippen LogP contribution in [-0.2, 0) is 44.3 Å². The molecule has 0 atom stereocenters. The molecule has 0 heterocycles. The fourth-order valence-corrected chi connectivity index (χ4v) is 10.4. The molecule has 0 saturated heterocycles. The van der Waals surface area contributed by atoms with E-state index in [4.69, 9.17) is 51.3 Å². The number of benzene rings is 8. The molecule has 10 heteroatoms. The number of ether oxygens (including phenoxy) is 7. The smallest absolute Gasteiger partial charge is 0.187 e. The van der Waals surface area contributed by atoms with Crippen LogP contribution < -0.4 is 33.2 Å². The maximum Gasteiger partial charge on any atom is 0.187 e. The average molecular weight is 1460 g/mol. The normalized spacial score (nSPS) is 11.3. The Bertz CT molecular complexity index is 3650. The van der Waals surface area contributed by atoms with Gasteiger partial charge >= 0.3 is 0 Å². The summed E-state index contributed by atoms with van der Waals surface area (Å²) in [5, 5.41) is 0.820. The maximum absolute atomic E-state index is 6.80. The molecule has 0 aliphatic carbocycles. The minimum Gasteiger partial charge on any atom is -0.497 e. The van der Waals surface area contributed by atoms with Crippen LogP contribution in [0.25, 0.3) is 4.85 Å². The van der Waals surface area contributed by atoms with E-state index in [0.717, 1.165) is 56.2 Å². The van der Waals surface area contributed by atoms with E-state index in [1.165, 1.54) is 55.6 Å². The molecular weight excluding hydrogens is 1330 g/mol. The van der Waals surface area contributed by atoms with Crippen LogP contribution in [0.1, 0.15) is 222 Å². The molecule has 0 saturated carbocycles. The number of methoxy groups -OCH3 is 7. The molecule has 0 aromatic heterocycles. The SMILES string of the molecule is CC(C)(C)c1ccc(Br)cc1.COc1cc(OC)cc(C(C)(C)C)c1.COc1ccc(C(C)(C)C)c(OC)c1.COc1ccc(CC(C)(C)C)cc1OC.COc1cccc(C(C)(C)C)c1.Cc1cc(Cl)ccc1C(C)(C)C.Cc1ccc(C(C)(C)C)cc1.[C-]#[N+]c1ccc(C(C)(C)C)cc1. The summed E-state index contributed by atoms with van der Waals surface area (Å²) in [6, 6.07) is 57.3. The van der Waals surface area contributed by atoms with Gasteiger partial charge in [0.15, 0.2) is 17.2 Å². The van der Waals surface area contributed by atoms with Gasteiger partial charge in [0, 0.05) is 21.6 Å². The van der Waals surface area contributed by atoms with Crippen LogP contribution in [0.5, 0.6) is 40.2 Å². The van der Waals surface area contributed by atoms with Crippen molar-refractivity contribution in [2.24, 2.45) is 5.41 Å². The molecule has 0 spiro atoms. The molecule has 8 aromatic rings. The van der Waals surface area contributed by atoms with Crippen molar-refractivity contribution in [3.8, 4) is 40.2 Å². The highest BCUT2D eigenvalue weighted by atomic mass is 79.9. The molecule has 0 aliphatic heterocycles. The second-order valence-electron chi connectivity index (χ2n) is 33.6. The molecule has 0 N–H and O–H groups in total. The summed E-state index contributed by atoms with van der Waals surface area (Å²) in [6.07, 6.45) is 1.04. The Morgan fingerprint density at radius 1 is 0.337 bits per heavy atom. The number of hydrogen-bond acceptors (Lipinski definition) is 7. The molecule has 8 nitrogen and oxygen atoms in total. The van der Waals surface area contributed by atoms with Crippen LogP contribution in [-0.4, -0.2) is 49.8 Å². The van der Waals surface area contributed by atoms with E-state index in [2.05, 4.69) is 280 Å². The van der Waals surface area contributed by atoms with Gasteiger partial charge < -0.3 is 33.2 Å². The summed E-state index contributed by atoms with van der Waals surface area (Å²) >= 11 is 9.28. The molecular formula is C91H129BrClNO7. The molecule has 554 valence electrons. The predicted octanol–water partition coefficient (Wildman–Crippen LogP) is 26.8. The third kappa shape index (κ3) is 35.4. The highest BCUT2D eigenvalue weighted by Crippen LogP contribution is 2.36. The first kappa shape index (κ1) is 91.6. The van der Waals surface area contributed by atoms with Gasteiger partial charge in [0.2, 0.25) is 0 Å². The van der Waals surface area contributed by atoms with Crippen LogP contribution in [0.2, 0.25) is 5.02 Å². The monoisotopic (exact) mass is 1460 g/mol. The zero-order valence-electron chi connectivity index (χ0n) is 68.4. The minimum absolute atomic E-state index is 0.0949. The zero-order chi connectivity index (χ0) is 77.7. The van der Waals surface area contributed by atoms with Crippen molar-refractivity contribution in [3.63, 3.8) is 0 Å². The van der Waals surface area contributed by atoms with E-state index in [0.29, 0.717) is 11.1 Å². The van der Waals surface area contributed by atoms with Gasteiger partial charge in [0.05, 0.1) is 56.3 Å². The number of nitrogens with zero attached hydrogens (tertiary/aromatic N) is 1. The fourth-order valence-electron chi connectivity index (χ4n) is 9.86. The summed E-state index contributed by atoms with van der Waals surface area (Å²) in [7, 11) is 11.7. The van der Waals surface area contributed by atoms with Gasteiger partial charge in [-0.05, 0) is 180 Å². The van der Waals surface area contributed by atoms with Crippen molar-refractivity contribution in [3.05, 3.63) is 246 Å². The second kappa shape index (κ2) is 41.1. The lowest BCUT2D eigenvalue weighted by Crippen LogP contribution is -2.12. The van der Waals surface area contributed by atoms with Crippen LogP contribution in [0, 0.1) is 25.8 Å². The lowest BCUT2D eigenvalue weighted by atomic mass is 9.84. The summed E-state index contributed by atoms with van der Waals surface area (Å²) in [5.74, 6) is 5.92. The second-order valence-corrected chi connectivity index (χ2v) is 34.9. The molecule has 0 amide bonds. The standard InChI is InChI=1S/C13H20O2.2C12H18O2.C11H15Cl.C11H13N.C11H16O.C11H16.C10H13Br/c1-13(2,3)9-10-6-7-11(14-4)12(8-10)15-5;1-12(2,3)9-6-10(13-4)8-11(7-9)14-5;1-12(2,3)10-7-6-9(13-4)8-11(10)14-5;1-8-7-9(12)5-6-10(8)11(2,3)4;1-11(2,3)9-5-7-10(12-4)8-6-9;1-11(2,3)9-6-5-7-10(8-9)12-4;1-9-5-7-10(8-6-9)11(2,3)4;1-10(2,3)8-4-6-9(11)7-5-8/h6-8H,9H2,1-5H3;2*6-8H,1-5H3;5-7H,1-4H3;5-8H,1-3H3;5-8H,1-4H3;5-8H,1-4H3;4-7H,1-3H3. The molecule has 0 radical (unpaired) electrons. The van der Waals surface area contributed by atoms with Crippen LogP contribution >= 0.6 is 27.5 Å². The molecule has 0 bridgehead atoms. The Morgan fingerprint density at radius 2 is 0.733 bits per heavy atom. The third-order valence-electron chi connectivity index (χ3n) is 16.0. The van der Waals surface area contributed by atoms with Crippen molar-refractivity contribution in [2.45, 2.75) is 224 Å². The van der Waals surface area contributed by atoms with Gasteiger partial charge in [-0.25, -0.2) is 4.85 Å². The van der Waals surface area contributed by atoms with Crippen LogP contribution in [0.4, 0.5) is 5.69 Å². The molecule has 0 fully saturated rings. The number of rotatable bonds is 8. The Hall–Kier alpha value is -7.38. The summed E-state index contributed by atoms with van der Waals surface area (Å²) < 4.78 is 37.7. The third-order valence-corrected chi connectivity index (χ3v) is 16.8. The molecule has 8 rings (SSSR count). The number of halogens is 2. The number of hydrogen-bond donors (Lipinski definition) is 0. The van der Waals surface area contributed by atoms with Crippen molar-refractivity contribution in [2.75, 3.05) is 49.8 Å². The lowest BCUT2D eigenvalue weighted by Gasteiger charge is -2.22. The Labute approximate surface area is 628 Å². The van der Waals surface area contributed by atoms with Crippen molar-refractivity contribution in [1.82, 2.24) is 0 Å². The van der Waals surface area contributed by atoms with Crippen molar-refractivity contribution >= 4 is 33.2 Å². The molecule has 101 heavy (non-hydrogen) atoms. The van der Waals surface area contributed by atoms with E-state index < -0.39 is 0 Å². The Kier molecular flexibility index (Phi) is 37.2. The van der Waals surface area contributed by atoms with Gasteiger partial charge in [-0.15, -0.1) is 0 Å². The zero-order valence-corrected chi connectivity index (χ0v) is 70.8. The average Bonchev–Trinajstić information content (AvgIpc) is 0.856. The fraction of sp³-hybridized carbons (Fsp3) is 0.462. The van der Waals surface area contributed by atoms with Gasteiger partial charge in [0.25, 0.3) is 0 Å². The van der Waals surface area contributed by atoms with Gasteiger partial charge in [0.1, 0.15) is 28.7 Å². The van der Waals surface area contributed by atoms with E-state index in [9.17, 15) is 0 Å². The van der Waals surface area contributed by atoms with E-state index >= 15 is 0 Å². The molecule has 0 unspecified atom stereocenters. The molecule has 8 aromatic carbocycles. The van der Waals surface area contributed by atoms with Crippen LogP contribution in [0.15, 0.2) is 174 Å². The van der Waals surface area contributed by atoms with Gasteiger partial charge in [-0.3, -0.25) is 0 Å². The van der Waals surface area contributed by atoms with Crippen molar-refractivity contribution in [1.29, 1.82) is 0 Å². The first-order valence-corrected chi connectivity index (χ1v) is 36.0. The summed E-state index contributed by atoms with van der Waals surface area (Å²) in [6.45, 7) is 63.8. The highest BCUT2D eigenvalue weighted by Gasteiger charge is 2.21. The van der Waals surface area contributed by atoms with Crippen LogP contribution in [0.3, 0.4) is 0 Å². The predicted molar refractivity (Wildman–Crippen MR) is 440 cm³/mol. The summed E-state index contributed by atoms with van der Waals surface area (Å²) in [5.41, 5.74) is 15.4. The summed E-state index contributed by atoms with van der Waals surface area (Å²) in [4.78, 5) is 3.34. The molecule has 0 aliphatic rings. The quantitative estimate of drug-likeness (QED) is 0.140. The van der Waals surface area contributed by atoms with E-state index in [-0.39, 0.29) is 37.9 Å². The van der Waals surface area contributed by atoms with Crippen molar-refractivity contribution < 1.29 is 33.2 Å². The van der Waals surface area contributed by atoms with Gasteiger partial charge in [-0.2, -0.15) is 0 Å². The van der Waals surface area contributed by atoms with Gasteiger partial charge in [-0.1, -0.05) is 290 Å². The first-order valence-electron chi connectivity index (χ1n) is 34.8. The largest absolute Gasteiger partial charge is 0.497 e. The Balaban J connectivity index is 0.000000578. The van der Waals surface area contributed by atoms with E-state index in [1.807, 2.05) is 91.0 Å². The highest BCUT2D eigenvalue weighted by molar-refractivity contribution is 9.10. The van der Waals surface area contributed by atoms with E-state index in [1.54, 1.807) is 49.8 Å². The lowest BCUT2D eigenvalue weighted by molar-refractivity contribution is 0.353. The topological polar surface area (TPSA) is 69.0 Å². The Morgan fingerprint density at radius 3 is 1.11 bits per heavy atom. The first-order chi connectivity index (χ1) is 46.4. The minimum atomic E-state index is 0.0949. The maximum atomic E-state index is 6.80. The number of aryl methyl sites for hydroxylation is 2.